The van der Waals surface area contributed by atoms with Crippen LogP contribution in [0.25, 0.3) is 0 Å². The van der Waals surface area contributed by atoms with E-state index in [-0.39, 0.29) is 17.2 Å². The van der Waals surface area contributed by atoms with E-state index in [0.29, 0.717) is 5.92 Å². The summed E-state index contributed by atoms with van der Waals surface area (Å²) in [4.78, 5) is 0. The number of fused-ring (bicyclic) bond motifs is 2. The van der Waals surface area contributed by atoms with E-state index in [2.05, 4.69) is 18.6 Å². The van der Waals surface area contributed by atoms with Gasteiger partial charge in [0.15, 0.2) is 0 Å². The monoisotopic (exact) mass is 315 g/mol. The van der Waals surface area contributed by atoms with Gasteiger partial charge >= 0.3 is 0 Å². The Kier molecular flexibility index (Phi) is 3.90. The van der Waals surface area contributed by atoms with Crippen LogP contribution in [0.1, 0.15) is 65.2 Å². The van der Waals surface area contributed by atoms with E-state index in [1.807, 2.05) is 0 Å². The molecule has 122 valence electrons. The number of aliphatic hydroxyl groups excluding tert-OH is 1. The summed E-state index contributed by atoms with van der Waals surface area (Å²) in [7, 11) is -3.32. The second-order valence-electron chi connectivity index (χ2n) is 8.08. The minimum Gasteiger partial charge on any atom is -0.392 e. The highest BCUT2D eigenvalue weighted by molar-refractivity contribution is 7.89. The SMILES string of the molecule is CC1(C)C2CCC1(CS(=O)(=O)NC1CCCCC1)C(O)C2. The number of hydrogen-bond acceptors (Lipinski definition) is 3. The minimum absolute atomic E-state index is 0.0757. The van der Waals surface area contributed by atoms with Gasteiger partial charge in [-0.15, -0.1) is 0 Å². The molecule has 3 rings (SSSR count). The van der Waals surface area contributed by atoms with Gasteiger partial charge in [-0.05, 0) is 43.4 Å². The molecular formula is C16H29NO3S. The van der Waals surface area contributed by atoms with Crippen molar-refractivity contribution in [3.05, 3.63) is 0 Å². The van der Waals surface area contributed by atoms with E-state index >= 15 is 0 Å². The summed E-state index contributed by atoms with van der Waals surface area (Å²) < 4.78 is 28.2. The first kappa shape index (κ1) is 15.8. The maximum absolute atomic E-state index is 12.6. The standard InChI is InChI=1S/C16H29NO3S/c1-15(2)12-8-9-16(15,14(18)10-12)11-21(19,20)17-13-6-4-3-5-7-13/h12-14,17-18H,3-11H2,1-2H3. The van der Waals surface area contributed by atoms with Crippen molar-refractivity contribution >= 4 is 10.0 Å². The fourth-order valence-electron chi connectivity index (χ4n) is 5.23. The molecule has 3 unspecified atom stereocenters. The van der Waals surface area contributed by atoms with Crippen LogP contribution in [0.4, 0.5) is 0 Å². The van der Waals surface area contributed by atoms with Crippen molar-refractivity contribution in [3.8, 4) is 0 Å². The topological polar surface area (TPSA) is 66.4 Å². The molecule has 0 amide bonds. The number of aliphatic hydroxyl groups is 1. The van der Waals surface area contributed by atoms with Crippen LogP contribution in [0.2, 0.25) is 0 Å². The van der Waals surface area contributed by atoms with Crippen molar-refractivity contribution in [1.29, 1.82) is 0 Å². The molecule has 0 aromatic heterocycles. The van der Waals surface area contributed by atoms with Gasteiger partial charge < -0.3 is 5.11 Å². The van der Waals surface area contributed by atoms with Crippen LogP contribution < -0.4 is 4.72 Å². The quantitative estimate of drug-likeness (QED) is 0.837. The van der Waals surface area contributed by atoms with Crippen molar-refractivity contribution in [2.24, 2.45) is 16.7 Å². The molecule has 0 aliphatic heterocycles. The lowest BCUT2D eigenvalue weighted by Crippen LogP contribution is -2.49. The van der Waals surface area contributed by atoms with Gasteiger partial charge in [-0.1, -0.05) is 33.1 Å². The second-order valence-corrected chi connectivity index (χ2v) is 9.83. The summed E-state index contributed by atoms with van der Waals surface area (Å²) in [5.41, 5.74) is -0.522. The molecule has 0 aromatic carbocycles. The molecule has 0 saturated heterocycles. The Morgan fingerprint density at radius 3 is 2.33 bits per heavy atom. The Balaban J connectivity index is 1.75. The highest BCUT2D eigenvalue weighted by Gasteiger charge is 2.65. The molecule has 3 saturated carbocycles. The zero-order chi connectivity index (χ0) is 15.3. The molecule has 2 N–H and O–H groups in total. The number of hydrogen-bond donors (Lipinski definition) is 2. The lowest BCUT2D eigenvalue weighted by molar-refractivity contribution is 0.0151. The molecule has 4 nitrogen and oxygen atoms in total. The lowest BCUT2D eigenvalue weighted by Gasteiger charge is -2.40. The van der Waals surface area contributed by atoms with E-state index in [1.54, 1.807) is 0 Å². The Morgan fingerprint density at radius 2 is 1.81 bits per heavy atom. The van der Waals surface area contributed by atoms with Gasteiger partial charge in [0.05, 0.1) is 11.9 Å². The molecule has 5 heteroatoms. The largest absolute Gasteiger partial charge is 0.392 e. The van der Waals surface area contributed by atoms with Crippen molar-refractivity contribution < 1.29 is 13.5 Å². The van der Waals surface area contributed by atoms with E-state index in [9.17, 15) is 13.5 Å². The van der Waals surface area contributed by atoms with Gasteiger partial charge in [-0.2, -0.15) is 0 Å². The highest BCUT2D eigenvalue weighted by atomic mass is 32.2. The maximum Gasteiger partial charge on any atom is 0.212 e. The first-order valence-electron chi connectivity index (χ1n) is 8.45. The fraction of sp³-hybridized carbons (Fsp3) is 1.00. The Bertz CT molecular complexity index is 496. The van der Waals surface area contributed by atoms with Crippen LogP contribution in [0.15, 0.2) is 0 Å². The van der Waals surface area contributed by atoms with Crippen LogP contribution in [0.3, 0.4) is 0 Å². The third-order valence-electron chi connectivity index (χ3n) is 6.79. The van der Waals surface area contributed by atoms with Crippen LogP contribution in [-0.4, -0.2) is 31.4 Å². The molecule has 3 aliphatic rings. The van der Waals surface area contributed by atoms with Gasteiger partial charge in [0, 0.05) is 11.5 Å². The summed E-state index contributed by atoms with van der Waals surface area (Å²) in [6.07, 6.45) is 7.58. The molecule has 21 heavy (non-hydrogen) atoms. The molecule has 3 atom stereocenters. The van der Waals surface area contributed by atoms with E-state index in [4.69, 9.17) is 0 Å². The highest BCUT2D eigenvalue weighted by Crippen LogP contribution is 2.66. The summed E-state index contributed by atoms with van der Waals surface area (Å²) in [5, 5.41) is 10.5. The summed E-state index contributed by atoms with van der Waals surface area (Å²) >= 11 is 0. The van der Waals surface area contributed by atoms with Crippen molar-refractivity contribution in [1.82, 2.24) is 4.72 Å². The molecule has 0 radical (unpaired) electrons. The lowest BCUT2D eigenvalue weighted by atomic mass is 9.70. The van der Waals surface area contributed by atoms with E-state index in [0.717, 1.165) is 44.9 Å². The summed E-state index contributed by atoms with van der Waals surface area (Å²) in [5.74, 6) is 0.568. The third-order valence-corrected chi connectivity index (χ3v) is 8.38. The summed E-state index contributed by atoms with van der Waals surface area (Å²) in [6, 6.07) is 0.110. The van der Waals surface area contributed by atoms with Crippen LogP contribution in [-0.2, 0) is 10.0 Å². The van der Waals surface area contributed by atoms with E-state index < -0.39 is 21.5 Å². The number of rotatable bonds is 4. The third kappa shape index (κ3) is 2.55. The second kappa shape index (κ2) is 5.20. The fourth-order valence-corrected chi connectivity index (χ4v) is 7.45. The Labute approximate surface area is 128 Å². The van der Waals surface area contributed by atoms with Gasteiger partial charge in [0.25, 0.3) is 0 Å². The number of sulfonamides is 1. The molecular weight excluding hydrogens is 286 g/mol. The molecule has 3 fully saturated rings. The normalized spacial score (nSPS) is 39.8. The van der Waals surface area contributed by atoms with Gasteiger partial charge in [-0.3, -0.25) is 0 Å². The number of nitrogens with one attached hydrogen (secondary N) is 1. The van der Waals surface area contributed by atoms with Crippen molar-refractivity contribution in [2.45, 2.75) is 77.4 Å². The first-order chi connectivity index (χ1) is 9.77. The van der Waals surface area contributed by atoms with E-state index in [1.165, 1.54) is 6.42 Å². The zero-order valence-corrected chi connectivity index (χ0v) is 14.1. The van der Waals surface area contributed by atoms with Crippen LogP contribution in [0, 0.1) is 16.7 Å². The van der Waals surface area contributed by atoms with Crippen molar-refractivity contribution in [2.75, 3.05) is 5.75 Å². The average Bonchev–Trinajstić information content (AvgIpc) is 2.72. The Hall–Kier alpha value is -0.130. The molecule has 2 bridgehead atoms. The molecule has 0 heterocycles. The van der Waals surface area contributed by atoms with Gasteiger partial charge in [-0.25, -0.2) is 13.1 Å². The smallest absolute Gasteiger partial charge is 0.212 e. The predicted octanol–water partition coefficient (Wildman–Crippen LogP) is 2.43. The molecule has 0 aromatic rings. The van der Waals surface area contributed by atoms with Gasteiger partial charge in [0.1, 0.15) is 0 Å². The zero-order valence-electron chi connectivity index (χ0n) is 13.3. The van der Waals surface area contributed by atoms with Gasteiger partial charge in [0.2, 0.25) is 10.0 Å². The Morgan fingerprint density at radius 1 is 1.14 bits per heavy atom. The van der Waals surface area contributed by atoms with Crippen LogP contribution >= 0.6 is 0 Å². The predicted molar refractivity (Wildman–Crippen MR) is 83.4 cm³/mol. The molecule has 3 aliphatic carbocycles. The minimum atomic E-state index is -3.32. The first-order valence-corrected chi connectivity index (χ1v) is 10.1. The summed E-state index contributed by atoms with van der Waals surface area (Å²) in [6.45, 7) is 4.30. The van der Waals surface area contributed by atoms with Crippen molar-refractivity contribution in [3.63, 3.8) is 0 Å². The maximum atomic E-state index is 12.6. The van der Waals surface area contributed by atoms with Crippen LogP contribution in [0.5, 0.6) is 0 Å². The molecule has 0 spiro atoms. The average molecular weight is 315 g/mol.